The first-order chi connectivity index (χ1) is 19.4. The van der Waals surface area contributed by atoms with E-state index >= 15 is 0 Å². The van der Waals surface area contributed by atoms with E-state index in [1.807, 2.05) is 53.4 Å². The molecular weight excluding hydrogens is 544 g/mol. The van der Waals surface area contributed by atoms with E-state index in [-0.39, 0.29) is 35.0 Å². The average molecular weight is 581 g/mol. The third-order valence-corrected chi connectivity index (χ3v) is 9.69. The fourth-order valence-electron chi connectivity index (χ4n) is 5.73. The Hall–Kier alpha value is -2.84. The van der Waals surface area contributed by atoms with Crippen LogP contribution >= 0.6 is 23.4 Å². The van der Waals surface area contributed by atoms with Crippen LogP contribution in [0.5, 0.6) is 0 Å². The summed E-state index contributed by atoms with van der Waals surface area (Å²) < 4.78 is 1.76. The van der Waals surface area contributed by atoms with Gasteiger partial charge in [-0.3, -0.25) is 19.0 Å². The number of hydrogen-bond donors (Lipinski definition) is 1. The lowest BCUT2D eigenvalue weighted by Crippen LogP contribution is -2.39. The Morgan fingerprint density at radius 3 is 2.45 bits per heavy atom. The fourth-order valence-corrected chi connectivity index (χ4v) is 6.84. The Labute approximate surface area is 244 Å². The summed E-state index contributed by atoms with van der Waals surface area (Å²) >= 11 is 7.59. The number of carbonyl (C=O) groups excluding carboxylic acids is 2. The first-order valence-corrected chi connectivity index (χ1v) is 15.7. The number of amides is 2. The number of aromatic nitrogens is 2. The molecule has 1 saturated carbocycles. The van der Waals surface area contributed by atoms with E-state index in [9.17, 15) is 14.4 Å². The van der Waals surface area contributed by atoms with Crippen LogP contribution in [0.3, 0.4) is 0 Å². The molecule has 2 fully saturated rings. The van der Waals surface area contributed by atoms with Crippen molar-refractivity contribution in [2.24, 2.45) is 17.8 Å². The fraction of sp³-hybridized carbons (Fsp3) is 0.484. The molecule has 0 atom stereocenters. The number of halogens is 1. The zero-order valence-electron chi connectivity index (χ0n) is 23.0. The first kappa shape index (κ1) is 28.7. The monoisotopic (exact) mass is 580 g/mol. The molecule has 1 aliphatic heterocycles. The van der Waals surface area contributed by atoms with Crippen molar-refractivity contribution in [1.82, 2.24) is 19.8 Å². The molecule has 2 aromatic carbocycles. The Balaban J connectivity index is 1.22. The molecule has 0 unspecified atom stereocenters. The SMILES string of the molecule is CC1CCN(C(=O)CSc2nc3ccccc3c(=O)n2CC2CCC(C(=O)NCc3ccccc3Cl)CC2)CC1. The van der Waals surface area contributed by atoms with Crippen molar-refractivity contribution in [2.75, 3.05) is 18.8 Å². The van der Waals surface area contributed by atoms with Gasteiger partial charge in [0.15, 0.2) is 5.16 Å². The molecule has 212 valence electrons. The minimum Gasteiger partial charge on any atom is -0.352 e. The standard InChI is InChI=1S/C31H37ClN4O3S/c1-21-14-16-35(17-15-21)28(37)20-40-31-34-27-9-5-3-7-25(27)30(39)36(31)19-22-10-12-23(13-11-22)29(38)33-18-24-6-2-4-8-26(24)32/h2-9,21-23H,10-20H2,1H3,(H,33,38). The van der Waals surface area contributed by atoms with Crippen molar-refractivity contribution in [3.63, 3.8) is 0 Å². The lowest BCUT2D eigenvalue weighted by atomic mass is 9.81. The number of para-hydroxylation sites is 1. The molecule has 1 N–H and O–H groups in total. The topological polar surface area (TPSA) is 84.3 Å². The van der Waals surface area contributed by atoms with Gasteiger partial charge in [0, 0.05) is 37.1 Å². The molecule has 0 radical (unpaired) electrons. The van der Waals surface area contributed by atoms with Crippen LogP contribution in [-0.4, -0.2) is 45.1 Å². The molecule has 9 heteroatoms. The second-order valence-electron chi connectivity index (χ2n) is 11.2. The molecule has 7 nitrogen and oxygen atoms in total. The molecule has 1 aromatic heterocycles. The summed E-state index contributed by atoms with van der Waals surface area (Å²) in [5, 5.41) is 4.89. The summed E-state index contributed by atoms with van der Waals surface area (Å²) in [4.78, 5) is 46.1. The summed E-state index contributed by atoms with van der Waals surface area (Å²) in [6.07, 6.45) is 5.36. The predicted molar refractivity (Wildman–Crippen MR) is 160 cm³/mol. The van der Waals surface area contributed by atoms with Crippen molar-refractivity contribution in [1.29, 1.82) is 0 Å². The van der Waals surface area contributed by atoms with Crippen LogP contribution in [-0.2, 0) is 22.7 Å². The number of nitrogens with one attached hydrogen (secondary N) is 1. The molecule has 0 bridgehead atoms. The van der Waals surface area contributed by atoms with E-state index in [4.69, 9.17) is 16.6 Å². The molecule has 2 heterocycles. The largest absolute Gasteiger partial charge is 0.352 e. The number of carbonyl (C=O) groups is 2. The maximum Gasteiger partial charge on any atom is 0.262 e. The molecule has 2 aliphatic rings. The van der Waals surface area contributed by atoms with E-state index in [2.05, 4.69) is 12.2 Å². The van der Waals surface area contributed by atoms with Crippen molar-refractivity contribution in [3.8, 4) is 0 Å². The minimum absolute atomic E-state index is 0.0380. The second kappa shape index (κ2) is 13.2. The van der Waals surface area contributed by atoms with Crippen LogP contribution in [0.4, 0.5) is 0 Å². The van der Waals surface area contributed by atoms with Crippen LogP contribution in [0, 0.1) is 17.8 Å². The molecule has 0 spiro atoms. The molecule has 3 aromatic rings. The van der Waals surface area contributed by atoms with Gasteiger partial charge in [-0.2, -0.15) is 0 Å². The summed E-state index contributed by atoms with van der Waals surface area (Å²) in [6, 6.07) is 14.9. The number of piperidine rings is 1. The van der Waals surface area contributed by atoms with Gasteiger partial charge in [-0.25, -0.2) is 4.98 Å². The van der Waals surface area contributed by atoms with Gasteiger partial charge in [0.25, 0.3) is 5.56 Å². The van der Waals surface area contributed by atoms with Crippen molar-refractivity contribution < 1.29 is 9.59 Å². The van der Waals surface area contributed by atoms with Gasteiger partial charge in [-0.1, -0.05) is 60.6 Å². The summed E-state index contributed by atoms with van der Waals surface area (Å²) in [5.74, 6) is 1.33. The average Bonchev–Trinajstić information content (AvgIpc) is 2.97. The van der Waals surface area contributed by atoms with E-state index < -0.39 is 0 Å². The maximum absolute atomic E-state index is 13.6. The highest BCUT2D eigenvalue weighted by Crippen LogP contribution is 2.31. The van der Waals surface area contributed by atoms with Crippen LogP contribution in [0.2, 0.25) is 5.02 Å². The van der Waals surface area contributed by atoms with Crippen LogP contribution in [0.25, 0.3) is 10.9 Å². The lowest BCUT2D eigenvalue weighted by Gasteiger charge is -2.30. The Bertz CT molecular complexity index is 1410. The number of likely N-dealkylation sites (tertiary alicyclic amines) is 1. The molecule has 2 amide bonds. The smallest absolute Gasteiger partial charge is 0.262 e. The van der Waals surface area contributed by atoms with Crippen LogP contribution < -0.4 is 10.9 Å². The minimum atomic E-state index is -0.0630. The predicted octanol–water partition coefficient (Wildman–Crippen LogP) is 5.52. The number of thioether (sulfide) groups is 1. The van der Waals surface area contributed by atoms with Gasteiger partial charge in [0.2, 0.25) is 11.8 Å². The normalized spacial score (nSPS) is 20.0. The second-order valence-corrected chi connectivity index (χ2v) is 12.6. The highest BCUT2D eigenvalue weighted by Gasteiger charge is 2.28. The zero-order chi connectivity index (χ0) is 28.1. The molecular formula is C31H37ClN4O3S. The van der Waals surface area contributed by atoms with Crippen LogP contribution in [0.15, 0.2) is 58.5 Å². The van der Waals surface area contributed by atoms with E-state index in [0.29, 0.717) is 40.1 Å². The summed E-state index contributed by atoms with van der Waals surface area (Å²) in [6.45, 7) is 4.80. The third kappa shape index (κ3) is 6.89. The van der Waals surface area contributed by atoms with E-state index in [1.165, 1.54) is 11.8 Å². The Morgan fingerprint density at radius 2 is 1.70 bits per heavy atom. The molecule has 40 heavy (non-hydrogen) atoms. The first-order valence-electron chi connectivity index (χ1n) is 14.3. The zero-order valence-corrected chi connectivity index (χ0v) is 24.6. The number of rotatable bonds is 8. The molecule has 1 aliphatic carbocycles. The highest BCUT2D eigenvalue weighted by molar-refractivity contribution is 7.99. The molecule has 5 rings (SSSR count). The molecule has 1 saturated heterocycles. The quantitative estimate of drug-likeness (QED) is 0.280. The van der Waals surface area contributed by atoms with Crippen molar-refractivity contribution in [3.05, 3.63) is 69.5 Å². The van der Waals surface area contributed by atoms with E-state index in [1.54, 1.807) is 4.57 Å². The van der Waals surface area contributed by atoms with Gasteiger partial charge in [-0.15, -0.1) is 0 Å². The Kier molecular flexibility index (Phi) is 9.48. The van der Waals surface area contributed by atoms with Gasteiger partial charge in [0.1, 0.15) is 0 Å². The van der Waals surface area contributed by atoms with Crippen LogP contribution in [0.1, 0.15) is 51.0 Å². The highest BCUT2D eigenvalue weighted by atomic mass is 35.5. The number of nitrogens with zero attached hydrogens (tertiary/aromatic N) is 3. The summed E-state index contributed by atoms with van der Waals surface area (Å²) in [5.41, 5.74) is 1.50. The number of benzene rings is 2. The number of fused-ring (bicyclic) bond motifs is 1. The van der Waals surface area contributed by atoms with Crippen molar-refractivity contribution in [2.45, 2.75) is 63.7 Å². The van der Waals surface area contributed by atoms with Gasteiger partial charge in [-0.05, 0) is 74.1 Å². The van der Waals surface area contributed by atoms with Gasteiger partial charge in [0.05, 0.1) is 16.7 Å². The maximum atomic E-state index is 13.6. The van der Waals surface area contributed by atoms with E-state index in [0.717, 1.165) is 57.2 Å². The van der Waals surface area contributed by atoms with Crippen molar-refractivity contribution >= 4 is 46.1 Å². The lowest BCUT2D eigenvalue weighted by molar-refractivity contribution is -0.129. The Morgan fingerprint density at radius 1 is 1.00 bits per heavy atom. The number of hydrogen-bond acceptors (Lipinski definition) is 5. The van der Waals surface area contributed by atoms with Gasteiger partial charge >= 0.3 is 0 Å². The third-order valence-electron chi connectivity index (χ3n) is 8.36. The summed E-state index contributed by atoms with van der Waals surface area (Å²) in [7, 11) is 0. The van der Waals surface area contributed by atoms with Gasteiger partial charge < -0.3 is 10.2 Å².